The van der Waals surface area contributed by atoms with Crippen LogP contribution >= 0.6 is 0 Å². The Morgan fingerprint density at radius 3 is 2.00 bits per heavy atom. The standard InChI is InChI=1S/C10H12O7/c11-3-7(14)10(17)8(15)4-1-5(12)9(16)6(13)2-4/h1-2,7,10-14,16-17H,3H2. The van der Waals surface area contributed by atoms with Crippen molar-refractivity contribution in [2.75, 3.05) is 6.61 Å². The van der Waals surface area contributed by atoms with Crippen molar-refractivity contribution >= 4 is 5.78 Å². The Morgan fingerprint density at radius 2 is 1.59 bits per heavy atom. The van der Waals surface area contributed by atoms with E-state index in [1.165, 1.54) is 0 Å². The lowest BCUT2D eigenvalue weighted by molar-refractivity contribution is -0.00493. The van der Waals surface area contributed by atoms with Crippen LogP contribution in [-0.4, -0.2) is 55.2 Å². The summed E-state index contributed by atoms with van der Waals surface area (Å²) >= 11 is 0. The third kappa shape index (κ3) is 2.64. The monoisotopic (exact) mass is 244 g/mol. The van der Waals surface area contributed by atoms with Crippen LogP contribution in [0.3, 0.4) is 0 Å². The molecule has 1 rings (SSSR count). The van der Waals surface area contributed by atoms with E-state index in [4.69, 9.17) is 25.5 Å². The molecule has 2 unspecified atom stereocenters. The van der Waals surface area contributed by atoms with E-state index in [9.17, 15) is 9.90 Å². The molecule has 0 heterocycles. The second-order valence-corrected chi connectivity index (χ2v) is 3.42. The van der Waals surface area contributed by atoms with Crippen molar-refractivity contribution in [2.45, 2.75) is 12.2 Å². The molecule has 0 fully saturated rings. The summed E-state index contributed by atoms with van der Waals surface area (Å²) in [6, 6.07) is 1.65. The Bertz CT molecular complexity index is 406. The van der Waals surface area contributed by atoms with Crippen molar-refractivity contribution in [1.82, 2.24) is 0 Å². The minimum absolute atomic E-state index is 0.308. The van der Waals surface area contributed by atoms with Crippen LogP contribution in [0.15, 0.2) is 12.1 Å². The average Bonchev–Trinajstić information content (AvgIpc) is 2.32. The minimum Gasteiger partial charge on any atom is -0.504 e. The first kappa shape index (κ1) is 13.2. The summed E-state index contributed by atoms with van der Waals surface area (Å²) < 4.78 is 0. The maximum Gasteiger partial charge on any atom is 0.200 e. The molecular weight excluding hydrogens is 232 g/mol. The van der Waals surface area contributed by atoms with Crippen LogP contribution in [0.2, 0.25) is 0 Å². The van der Waals surface area contributed by atoms with Crippen LogP contribution in [0.25, 0.3) is 0 Å². The van der Waals surface area contributed by atoms with E-state index in [-0.39, 0.29) is 5.56 Å². The number of hydrogen-bond donors (Lipinski definition) is 6. The first-order valence-corrected chi connectivity index (χ1v) is 4.64. The Morgan fingerprint density at radius 1 is 1.12 bits per heavy atom. The molecule has 0 bridgehead atoms. The van der Waals surface area contributed by atoms with Gasteiger partial charge < -0.3 is 30.6 Å². The molecule has 0 aromatic heterocycles. The molecule has 0 aliphatic carbocycles. The predicted octanol–water partition coefficient (Wildman–Crippen LogP) is -1.30. The van der Waals surface area contributed by atoms with Crippen LogP contribution in [-0.2, 0) is 0 Å². The number of rotatable bonds is 4. The van der Waals surface area contributed by atoms with Crippen molar-refractivity contribution in [1.29, 1.82) is 0 Å². The quantitative estimate of drug-likeness (QED) is 0.286. The van der Waals surface area contributed by atoms with Crippen LogP contribution in [0.5, 0.6) is 17.2 Å². The number of ketones is 1. The molecule has 17 heavy (non-hydrogen) atoms. The highest BCUT2D eigenvalue weighted by Crippen LogP contribution is 2.35. The van der Waals surface area contributed by atoms with Crippen molar-refractivity contribution < 1.29 is 35.4 Å². The molecule has 1 aromatic rings. The van der Waals surface area contributed by atoms with Gasteiger partial charge in [0.15, 0.2) is 23.0 Å². The average molecular weight is 244 g/mol. The molecule has 6 N–H and O–H groups in total. The normalized spacial score (nSPS) is 14.3. The van der Waals surface area contributed by atoms with E-state index in [1.54, 1.807) is 0 Å². The number of carbonyl (C=O) groups excluding carboxylic acids is 1. The lowest BCUT2D eigenvalue weighted by Crippen LogP contribution is -2.36. The summed E-state index contributed by atoms with van der Waals surface area (Å²) in [5.74, 6) is -3.27. The second-order valence-electron chi connectivity index (χ2n) is 3.42. The molecule has 0 aliphatic rings. The van der Waals surface area contributed by atoms with Gasteiger partial charge in [0.05, 0.1) is 6.61 Å². The van der Waals surface area contributed by atoms with Gasteiger partial charge in [-0.15, -0.1) is 0 Å². The highest BCUT2D eigenvalue weighted by molar-refractivity contribution is 6.00. The zero-order chi connectivity index (χ0) is 13.2. The predicted molar refractivity (Wildman–Crippen MR) is 54.9 cm³/mol. The van der Waals surface area contributed by atoms with Crippen LogP contribution < -0.4 is 0 Å². The van der Waals surface area contributed by atoms with Crippen LogP contribution in [0.1, 0.15) is 10.4 Å². The smallest absolute Gasteiger partial charge is 0.200 e. The lowest BCUT2D eigenvalue weighted by atomic mass is 10.0. The molecular formula is C10H12O7. The highest BCUT2D eigenvalue weighted by Gasteiger charge is 2.26. The largest absolute Gasteiger partial charge is 0.504 e. The maximum absolute atomic E-state index is 11.5. The number of aliphatic hydroxyl groups is 3. The summed E-state index contributed by atoms with van der Waals surface area (Å²) in [5.41, 5.74) is -0.308. The van der Waals surface area contributed by atoms with Gasteiger partial charge in [-0.3, -0.25) is 4.79 Å². The molecule has 0 saturated heterocycles. The van der Waals surface area contributed by atoms with Crippen molar-refractivity contribution in [3.8, 4) is 17.2 Å². The SMILES string of the molecule is O=C(c1cc(O)c(O)c(O)c1)C(O)C(O)CO. The van der Waals surface area contributed by atoms with Gasteiger partial charge in [-0.05, 0) is 12.1 Å². The Hall–Kier alpha value is -1.83. The van der Waals surface area contributed by atoms with Crippen LogP contribution in [0, 0.1) is 0 Å². The molecule has 0 aliphatic heterocycles. The fourth-order valence-electron chi connectivity index (χ4n) is 1.19. The molecule has 7 heteroatoms. The number of hydrogen-bond acceptors (Lipinski definition) is 7. The molecule has 7 nitrogen and oxygen atoms in total. The van der Waals surface area contributed by atoms with Gasteiger partial charge in [-0.2, -0.15) is 0 Å². The zero-order valence-corrected chi connectivity index (χ0v) is 8.61. The highest BCUT2D eigenvalue weighted by atomic mass is 16.4. The molecule has 0 amide bonds. The van der Waals surface area contributed by atoms with E-state index in [1.807, 2.05) is 0 Å². The first-order chi connectivity index (χ1) is 7.88. The summed E-state index contributed by atoms with van der Waals surface area (Å²) in [6.45, 7) is -0.817. The molecule has 2 atom stereocenters. The Labute approximate surface area is 95.8 Å². The zero-order valence-electron chi connectivity index (χ0n) is 8.61. The third-order valence-electron chi connectivity index (χ3n) is 2.17. The molecule has 94 valence electrons. The number of benzene rings is 1. The van der Waals surface area contributed by atoms with Gasteiger partial charge in [0.2, 0.25) is 0 Å². The summed E-state index contributed by atoms with van der Waals surface area (Å²) in [5, 5.41) is 54.3. The van der Waals surface area contributed by atoms with Gasteiger partial charge >= 0.3 is 0 Å². The number of carbonyl (C=O) groups is 1. The van der Waals surface area contributed by atoms with Crippen molar-refractivity contribution in [2.24, 2.45) is 0 Å². The molecule has 1 aromatic carbocycles. The van der Waals surface area contributed by atoms with Crippen LogP contribution in [0.4, 0.5) is 0 Å². The van der Waals surface area contributed by atoms with Gasteiger partial charge in [-0.1, -0.05) is 0 Å². The van der Waals surface area contributed by atoms with E-state index in [2.05, 4.69) is 0 Å². The number of phenolic OH excluding ortho intramolecular Hbond substituents is 3. The van der Waals surface area contributed by atoms with Gasteiger partial charge in [0.1, 0.15) is 12.2 Å². The summed E-state index contributed by atoms with van der Waals surface area (Å²) in [7, 11) is 0. The van der Waals surface area contributed by atoms with E-state index in [0.717, 1.165) is 12.1 Å². The fraction of sp³-hybridized carbons (Fsp3) is 0.300. The molecule has 0 radical (unpaired) electrons. The Balaban J connectivity index is 3.05. The van der Waals surface area contributed by atoms with Crippen molar-refractivity contribution in [3.63, 3.8) is 0 Å². The summed E-state index contributed by atoms with van der Waals surface area (Å²) in [4.78, 5) is 11.5. The molecule has 0 spiro atoms. The number of Topliss-reactive ketones (excluding diaryl/α,β-unsaturated/α-hetero) is 1. The van der Waals surface area contributed by atoms with Gasteiger partial charge in [-0.25, -0.2) is 0 Å². The number of aliphatic hydroxyl groups excluding tert-OH is 3. The van der Waals surface area contributed by atoms with Gasteiger partial charge in [0, 0.05) is 5.56 Å². The third-order valence-corrected chi connectivity index (χ3v) is 2.17. The molecule has 0 saturated carbocycles. The fourth-order valence-corrected chi connectivity index (χ4v) is 1.19. The lowest BCUT2D eigenvalue weighted by Gasteiger charge is -2.14. The number of aromatic hydroxyl groups is 3. The van der Waals surface area contributed by atoms with Gasteiger partial charge in [0.25, 0.3) is 0 Å². The van der Waals surface area contributed by atoms with E-state index < -0.39 is 41.8 Å². The Kier molecular flexibility index (Phi) is 3.89. The minimum atomic E-state index is -1.89. The topological polar surface area (TPSA) is 138 Å². The summed E-state index contributed by atoms with van der Waals surface area (Å²) in [6.07, 6.45) is -3.55. The second kappa shape index (κ2) is 5.00. The maximum atomic E-state index is 11.5. The van der Waals surface area contributed by atoms with E-state index >= 15 is 0 Å². The van der Waals surface area contributed by atoms with Crippen molar-refractivity contribution in [3.05, 3.63) is 17.7 Å². The first-order valence-electron chi connectivity index (χ1n) is 4.64. The van der Waals surface area contributed by atoms with E-state index in [0.29, 0.717) is 0 Å². The number of phenols is 3.